The molecule has 1 fully saturated rings. The van der Waals surface area contributed by atoms with Crippen LogP contribution in [0.3, 0.4) is 0 Å². The van der Waals surface area contributed by atoms with E-state index in [0.29, 0.717) is 0 Å². The first-order chi connectivity index (χ1) is 8.55. The molecular weight excluding hydrogens is 340 g/mol. The number of hydrogen-bond acceptors (Lipinski definition) is 1. The summed E-state index contributed by atoms with van der Waals surface area (Å²) in [5.74, 6) is 0. The van der Waals surface area contributed by atoms with Crippen molar-refractivity contribution in [2.24, 2.45) is 0 Å². The highest BCUT2D eigenvalue weighted by Crippen LogP contribution is 2.52. The number of anilines is 1. The van der Waals surface area contributed by atoms with Gasteiger partial charge in [-0.25, -0.2) is 0 Å². The molecular formula is C11H8BrF6N. The molecule has 0 bridgehead atoms. The normalized spacial score (nSPS) is 18.3. The number of rotatable bonds is 2. The first-order valence-corrected chi connectivity index (χ1v) is 6.06. The molecule has 0 unspecified atom stereocenters. The van der Waals surface area contributed by atoms with Crippen LogP contribution in [0.15, 0.2) is 22.7 Å². The van der Waals surface area contributed by atoms with Crippen LogP contribution in [-0.4, -0.2) is 11.7 Å². The monoisotopic (exact) mass is 347 g/mol. The summed E-state index contributed by atoms with van der Waals surface area (Å²) < 4.78 is 75.4. The first kappa shape index (κ1) is 14.5. The van der Waals surface area contributed by atoms with Crippen LogP contribution in [0, 0.1) is 0 Å². The van der Waals surface area contributed by atoms with Gasteiger partial charge in [-0.3, -0.25) is 0 Å². The molecule has 0 aromatic heterocycles. The molecule has 1 aliphatic rings. The Kier molecular flexibility index (Phi) is 3.27. The van der Waals surface area contributed by atoms with Gasteiger partial charge < -0.3 is 5.32 Å². The van der Waals surface area contributed by atoms with E-state index in [1.165, 1.54) is 0 Å². The Morgan fingerprint density at radius 3 is 2.00 bits per heavy atom. The van der Waals surface area contributed by atoms with Crippen molar-refractivity contribution in [3.05, 3.63) is 28.2 Å². The van der Waals surface area contributed by atoms with E-state index in [1.807, 2.05) is 0 Å². The third kappa shape index (κ3) is 2.82. The molecule has 0 amide bonds. The fourth-order valence-electron chi connectivity index (χ4n) is 1.65. The number of alkyl halides is 6. The molecule has 0 heterocycles. The van der Waals surface area contributed by atoms with Crippen molar-refractivity contribution in [1.29, 1.82) is 0 Å². The molecule has 0 spiro atoms. The van der Waals surface area contributed by atoms with Gasteiger partial charge in [-0.05, 0) is 47.0 Å². The molecule has 1 aromatic carbocycles. The van der Waals surface area contributed by atoms with Crippen molar-refractivity contribution >= 4 is 21.6 Å². The second-order valence-electron chi connectivity index (χ2n) is 4.40. The van der Waals surface area contributed by atoms with Gasteiger partial charge in [0.1, 0.15) is 5.54 Å². The van der Waals surface area contributed by atoms with Gasteiger partial charge >= 0.3 is 12.4 Å². The van der Waals surface area contributed by atoms with Gasteiger partial charge in [0.05, 0.1) is 5.56 Å². The molecule has 0 saturated heterocycles. The Balaban J connectivity index is 2.24. The summed E-state index contributed by atoms with van der Waals surface area (Å²) in [6.45, 7) is 0. The summed E-state index contributed by atoms with van der Waals surface area (Å²) in [5.41, 5.74) is -2.92. The Labute approximate surface area is 113 Å². The molecule has 1 saturated carbocycles. The van der Waals surface area contributed by atoms with Gasteiger partial charge in [-0.2, -0.15) is 26.3 Å². The molecule has 106 valence electrons. The lowest BCUT2D eigenvalue weighted by molar-refractivity contribution is -0.151. The van der Waals surface area contributed by atoms with Gasteiger partial charge in [0.15, 0.2) is 0 Å². The average molecular weight is 348 g/mol. The maximum Gasteiger partial charge on any atom is 0.416 e. The zero-order valence-corrected chi connectivity index (χ0v) is 10.9. The number of hydrogen-bond donors (Lipinski definition) is 1. The summed E-state index contributed by atoms with van der Waals surface area (Å²) in [5, 5.41) is 2.28. The Morgan fingerprint density at radius 2 is 1.63 bits per heavy atom. The predicted octanol–water partition coefficient (Wildman–Crippen LogP) is 4.97. The number of nitrogens with one attached hydrogen (secondary N) is 1. The van der Waals surface area contributed by atoms with Crippen molar-refractivity contribution in [1.82, 2.24) is 0 Å². The zero-order chi connectivity index (χ0) is 14.5. The number of halogens is 7. The topological polar surface area (TPSA) is 12.0 Å². The Bertz CT molecular complexity index is 489. The molecule has 1 aromatic rings. The maximum atomic E-state index is 12.7. The van der Waals surface area contributed by atoms with Crippen molar-refractivity contribution in [3.63, 3.8) is 0 Å². The first-order valence-electron chi connectivity index (χ1n) is 5.27. The maximum absolute atomic E-state index is 12.7. The van der Waals surface area contributed by atoms with Crippen molar-refractivity contribution in [2.75, 3.05) is 5.32 Å². The molecule has 0 atom stereocenters. The predicted molar refractivity (Wildman–Crippen MR) is 60.8 cm³/mol. The van der Waals surface area contributed by atoms with Crippen LogP contribution in [0.4, 0.5) is 32.0 Å². The Morgan fingerprint density at radius 1 is 1.05 bits per heavy atom. The van der Waals surface area contributed by atoms with E-state index in [2.05, 4.69) is 21.2 Å². The molecule has 0 aliphatic heterocycles. The lowest BCUT2D eigenvalue weighted by Crippen LogP contribution is -2.38. The fourth-order valence-corrected chi connectivity index (χ4v) is 2.13. The summed E-state index contributed by atoms with van der Waals surface area (Å²) >= 11 is 2.86. The molecule has 1 N–H and O–H groups in total. The summed E-state index contributed by atoms with van der Waals surface area (Å²) in [6, 6.07) is 2.51. The third-order valence-corrected chi connectivity index (χ3v) is 3.62. The second kappa shape index (κ2) is 4.29. The molecule has 1 nitrogen and oxygen atoms in total. The van der Waals surface area contributed by atoms with E-state index in [1.54, 1.807) is 0 Å². The molecule has 8 heteroatoms. The SMILES string of the molecule is FC(F)(F)c1ccc(NC2(C(F)(F)F)CC2)c(Br)c1. The van der Waals surface area contributed by atoms with Crippen LogP contribution in [0.5, 0.6) is 0 Å². The quantitative estimate of drug-likeness (QED) is 0.744. The van der Waals surface area contributed by atoms with E-state index in [-0.39, 0.29) is 23.0 Å². The van der Waals surface area contributed by atoms with E-state index in [4.69, 9.17) is 0 Å². The summed E-state index contributed by atoms with van der Waals surface area (Å²) in [6.07, 6.45) is -9.11. The minimum absolute atomic E-state index is 0.00262. The van der Waals surface area contributed by atoms with Gasteiger partial charge in [-0.1, -0.05) is 0 Å². The van der Waals surface area contributed by atoms with Gasteiger partial charge in [0.2, 0.25) is 0 Å². The van der Waals surface area contributed by atoms with E-state index >= 15 is 0 Å². The van der Waals surface area contributed by atoms with Crippen LogP contribution in [0.1, 0.15) is 18.4 Å². The largest absolute Gasteiger partial charge is 0.416 e. The third-order valence-electron chi connectivity index (χ3n) is 2.96. The second-order valence-corrected chi connectivity index (χ2v) is 5.25. The highest BCUT2D eigenvalue weighted by atomic mass is 79.9. The van der Waals surface area contributed by atoms with Gasteiger partial charge in [-0.15, -0.1) is 0 Å². The smallest absolute Gasteiger partial charge is 0.371 e. The lowest BCUT2D eigenvalue weighted by atomic mass is 10.1. The highest BCUT2D eigenvalue weighted by Gasteiger charge is 2.63. The van der Waals surface area contributed by atoms with Crippen LogP contribution >= 0.6 is 15.9 Å². The van der Waals surface area contributed by atoms with Gasteiger partial charge in [0.25, 0.3) is 0 Å². The lowest BCUT2D eigenvalue weighted by Gasteiger charge is -2.23. The minimum atomic E-state index is -4.53. The van der Waals surface area contributed by atoms with E-state index < -0.39 is 23.5 Å². The molecule has 2 rings (SSSR count). The molecule has 1 aliphatic carbocycles. The zero-order valence-electron chi connectivity index (χ0n) is 9.29. The van der Waals surface area contributed by atoms with E-state index in [0.717, 1.165) is 18.2 Å². The van der Waals surface area contributed by atoms with E-state index in [9.17, 15) is 26.3 Å². The fraction of sp³-hybridized carbons (Fsp3) is 0.455. The number of benzene rings is 1. The van der Waals surface area contributed by atoms with Gasteiger partial charge in [0, 0.05) is 10.2 Å². The minimum Gasteiger partial charge on any atom is -0.371 e. The average Bonchev–Trinajstić information content (AvgIpc) is 2.99. The Hall–Kier alpha value is -0.920. The van der Waals surface area contributed by atoms with Crippen LogP contribution in [-0.2, 0) is 6.18 Å². The van der Waals surface area contributed by atoms with Crippen molar-refractivity contribution < 1.29 is 26.3 Å². The summed E-state index contributed by atoms with van der Waals surface area (Å²) in [4.78, 5) is 0. The molecule has 19 heavy (non-hydrogen) atoms. The molecule has 0 radical (unpaired) electrons. The van der Waals surface area contributed by atoms with Crippen molar-refractivity contribution in [3.8, 4) is 0 Å². The highest BCUT2D eigenvalue weighted by molar-refractivity contribution is 9.10. The van der Waals surface area contributed by atoms with Crippen LogP contribution in [0.2, 0.25) is 0 Å². The summed E-state index contributed by atoms with van der Waals surface area (Å²) in [7, 11) is 0. The standard InChI is InChI=1S/C11H8BrF6N/c12-7-5-6(10(13,14)15)1-2-8(7)19-9(3-4-9)11(16,17)18/h1-2,5,19H,3-4H2. The van der Waals surface area contributed by atoms with Crippen molar-refractivity contribution in [2.45, 2.75) is 30.7 Å². The van der Waals surface area contributed by atoms with Crippen LogP contribution < -0.4 is 5.32 Å². The van der Waals surface area contributed by atoms with Crippen LogP contribution in [0.25, 0.3) is 0 Å².